The zero-order valence-electron chi connectivity index (χ0n) is 34.0. The van der Waals surface area contributed by atoms with E-state index in [1.165, 1.54) is 122 Å². The van der Waals surface area contributed by atoms with E-state index < -0.39 is 0 Å². The molecule has 0 aliphatic rings. The van der Waals surface area contributed by atoms with Gasteiger partial charge in [-0.25, -0.2) is 0 Å². The average molecular weight is 723 g/mol. The lowest BCUT2D eigenvalue weighted by Crippen LogP contribution is -1.93. The van der Waals surface area contributed by atoms with Crippen LogP contribution in [0.25, 0.3) is 77.9 Å². The Kier molecular flexibility index (Phi) is 9.92. The first-order chi connectivity index (χ1) is 27.0. The molecular weight excluding hydrogens is 673 g/mol. The van der Waals surface area contributed by atoms with Crippen molar-refractivity contribution >= 4 is 0 Å². The van der Waals surface area contributed by atoms with E-state index in [4.69, 9.17) is 0 Å². The van der Waals surface area contributed by atoms with Crippen molar-refractivity contribution in [2.75, 3.05) is 0 Å². The highest BCUT2D eigenvalue weighted by Crippen LogP contribution is 2.41. The molecular formula is C56H50. The normalized spacial score (nSPS) is 11.2. The summed E-state index contributed by atoms with van der Waals surface area (Å²) in [7, 11) is 0. The van der Waals surface area contributed by atoms with Gasteiger partial charge in [0.25, 0.3) is 0 Å². The number of hydrogen-bond acceptors (Lipinski definition) is 0. The first-order valence-corrected chi connectivity index (χ1v) is 19.8. The molecule has 0 aromatic heterocycles. The minimum atomic E-state index is 1.20. The van der Waals surface area contributed by atoms with Crippen LogP contribution in [0.5, 0.6) is 0 Å². The molecule has 0 aliphatic carbocycles. The molecule has 0 heteroatoms. The van der Waals surface area contributed by atoms with Crippen molar-refractivity contribution in [3.63, 3.8) is 0 Å². The zero-order chi connectivity index (χ0) is 39.1. The lowest BCUT2D eigenvalue weighted by Gasteiger charge is -2.18. The van der Waals surface area contributed by atoms with Crippen molar-refractivity contribution in [2.24, 2.45) is 0 Å². The van der Waals surface area contributed by atoms with Gasteiger partial charge in [0.15, 0.2) is 0 Å². The summed E-state index contributed by atoms with van der Waals surface area (Å²) in [5, 5.41) is 0. The van der Waals surface area contributed by atoms with Crippen LogP contribution in [-0.2, 0) is 0 Å². The Morgan fingerprint density at radius 3 is 0.804 bits per heavy atom. The Hall–Kier alpha value is -6.24. The molecule has 0 heterocycles. The Balaban J connectivity index is 1.39. The summed E-state index contributed by atoms with van der Waals surface area (Å²) in [6.45, 7) is 17.6. The molecule has 0 amide bonds. The van der Waals surface area contributed by atoms with E-state index in [1.807, 2.05) is 0 Å². The van der Waals surface area contributed by atoms with Crippen molar-refractivity contribution in [3.8, 4) is 77.9 Å². The maximum absolute atomic E-state index is 2.41. The number of rotatable bonds is 7. The van der Waals surface area contributed by atoms with Crippen molar-refractivity contribution in [2.45, 2.75) is 55.4 Å². The zero-order valence-corrected chi connectivity index (χ0v) is 34.0. The Morgan fingerprint density at radius 1 is 0.196 bits per heavy atom. The van der Waals surface area contributed by atoms with Crippen molar-refractivity contribution in [1.29, 1.82) is 0 Å². The van der Waals surface area contributed by atoms with Gasteiger partial charge in [-0.2, -0.15) is 0 Å². The van der Waals surface area contributed by atoms with Crippen LogP contribution in [0.3, 0.4) is 0 Å². The third kappa shape index (κ3) is 7.53. The van der Waals surface area contributed by atoms with E-state index in [0.29, 0.717) is 0 Å². The molecule has 0 nitrogen and oxygen atoms in total. The predicted octanol–water partition coefficient (Wildman–Crippen LogP) is 15.8. The van der Waals surface area contributed by atoms with E-state index in [0.717, 1.165) is 0 Å². The minimum Gasteiger partial charge on any atom is -0.0622 e. The molecule has 56 heavy (non-hydrogen) atoms. The van der Waals surface area contributed by atoms with Gasteiger partial charge in [-0.1, -0.05) is 114 Å². The summed E-state index contributed by atoms with van der Waals surface area (Å²) >= 11 is 0. The summed E-state index contributed by atoms with van der Waals surface area (Å²) in [6, 6.07) is 59.5. The second-order valence-corrected chi connectivity index (χ2v) is 16.0. The molecule has 0 aliphatic heterocycles. The first kappa shape index (κ1) is 36.7. The van der Waals surface area contributed by atoms with Crippen LogP contribution in [0.1, 0.15) is 44.5 Å². The molecule has 0 fully saturated rings. The van der Waals surface area contributed by atoms with Crippen LogP contribution in [0.2, 0.25) is 0 Å². The third-order valence-electron chi connectivity index (χ3n) is 11.6. The lowest BCUT2D eigenvalue weighted by atomic mass is 9.87. The predicted molar refractivity (Wildman–Crippen MR) is 242 cm³/mol. The van der Waals surface area contributed by atoms with Crippen LogP contribution in [0.15, 0.2) is 158 Å². The largest absolute Gasteiger partial charge is 0.0622 e. The van der Waals surface area contributed by atoms with Gasteiger partial charge in [0.1, 0.15) is 0 Å². The SMILES string of the molecule is Cc1ccc(-c2cc(-c3cc(-c4ccccc4)cc(-c4cc(-c5ccc(C)cc5)cc(-c5cc(C)c(C)cc5C)c4)c3)cc(-c3cc(C)c(C)cc3C)c2)cc1. The molecule has 8 rings (SSSR count). The smallest absolute Gasteiger partial charge is 0.0151 e. The van der Waals surface area contributed by atoms with Gasteiger partial charge in [0.05, 0.1) is 0 Å². The molecule has 274 valence electrons. The summed E-state index contributed by atoms with van der Waals surface area (Å²) in [6.07, 6.45) is 0. The van der Waals surface area contributed by atoms with Crippen molar-refractivity contribution in [1.82, 2.24) is 0 Å². The average Bonchev–Trinajstić information content (AvgIpc) is 3.21. The number of benzene rings is 8. The van der Waals surface area contributed by atoms with Gasteiger partial charge >= 0.3 is 0 Å². The topological polar surface area (TPSA) is 0 Å². The Bertz CT molecular complexity index is 2560. The van der Waals surface area contributed by atoms with E-state index >= 15 is 0 Å². The maximum atomic E-state index is 2.41. The minimum absolute atomic E-state index is 1.20. The maximum Gasteiger partial charge on any atom is -0.0151 e. The van der Waals surface area contributed by atoms with Gasteiger partial charge in [0.2, 0.25) is 0 Å². The Labute approximate surface area is 334 Å². The fourth-order valence-corrected chi connectivity index (χ4v) is 8.03. The van der Waals surface area contributed by atoms with Crippen LogP contribution in [0.4, 0.5) is 0 Å². The highest BCUT2D eigenvalue weighted by Gasteiger charge is 2.16. The monoisotopic (exact) mass is 722 g/mol. The van der Waals surface area contributed by atoms with Crippen LogP contribution >= 0.6 is 0 Å². The van der Waals surface area contributed by atoms with Crippen LogP contribution < -0.4 is 0 Å². The standard InChI is InChI=1S/C56H50/c1-35-14-18-44(19-15-35)47-28-51(33-53(31-47)55-24-39(5)37(3)22-41(55)7)49-26-46(43-12-10-9-11-13-43)27-50(30-49)52-29-48(45-20-16-36(2)17-21-45)32-54(34-52)56-25-40(6)38(4)23-42(56)8/h9-34H,1-8H3. The van der Waals surface area contributed by atoms with E-state index in [1.54, 1.807) is 0 Å². The third-order valence-corrected chi connectivity index (χ3v) is 11.6. The molecule has 0 saturated heterocycles. The van der Waals surface area contributed by atoms with Gasteiger partial charge in [-0.15, -0.1) is 0 Å². The quantitative estimate of drug-likeness (QED) is 0.154. The van der Waals surface area contributed by atoms with Crippen LogP contribution in [-0.4, -0.2) is 0 Å². The van der Waals surface area contributed by atoms with Crippen molar-refractivity contribution < 1.29 is 0 Å². The fraction of sp³-hybridized carbons (Fsp3) is 0.143. The Morgan fingerprint density at radius 2 is 0.464 bits per heavy atom. The van der Waals surface area contributed by atoms with Gasteiger partial charge in [0, 0.05) is 0 Å². The highest BCUT2D eigenvalue weighted by atomic mass is 14.2. The number of aryl methyl sites for hydroxylation is 8. The van der Waals surface area contributed by atoms with Crippen LogP contribution in [0, 0.1) is 55.4 Å². The number of hydrogen-bond donors (Lipinski definition) is 0. The molecule has 0 radical (unpaired) electrons. The summed E-state index contributed by atoms with van der Waals surface area (Å²) in [5.74, 6) is 0. The van der Waals surface area contributed by atoms with E-state index in [9.17, 15) is 0 Å². The van der Waals surface area contributed by atoms with Gasteiger partial charge in [-0.05, 0) is 221 Å². The molecule has 8 aromatic carbocycles. The van der Waals surface area contributed by atoms with E-state index in [2.05, 4.69) is 213 Å². The summed E-state index contributed by atoms with van der Waals surface area (Å²) in [5.41, 5.74) is 27.5. The fourth-order valence-electron chi connectivity index (χ4n) is 8.03. The van der Waals surface area contributed by atoms with Crippen molar-refractivity contribution in [3.05, 3.63) is 202 Å². The summed E-state index contributed by atoms with van der Waals surface area (Å²) in [4.78, 5) is 0. The molecule has 0 spiro atoms. The molecule has 0 saturated carbocycles. The summed E-state index contributed by atoms with van der Waals surface area (Å²) < 4.78 is 0. The lowest BCUT2D eigenvalue weighted by molar-refractivity contribution is 1.30. The highest BCUT2D eigenvalue weighted by molar-refractivity contribution is 5.89. The molecule has 0 atom stereocenters. The van der Waals surface area contributed by atoms with Gasteiger partial charge < -0.3 is 0 Å². The second kappa shape index (κ2) is 15.1. The van der Waals surface area contributed by atoms with E-state index in [-0.39, 0.29) is 0 Å². The molecule has 0 unspecified atom stereocenters. The second-order valence-electron chi connectivity index (χ2n) is 16.0. The molecule has 0 bridgehead atoms. The molecule has 8 aromatic rings. The van der Waals surface area contributed by atoms with Gasteiger partial charge in [-0.3, -0.25) is 0 Å². The first-order valence-electron chi connectivity index (χ1n) is 19.8. The molecule has 0 N–H and O–H groups in total.